The minimum atomic E-state index is -0.206. The fraction of sp³-hybridized carbons (Fsp3) is 0.200. The van der Waals surface area contributed by atoms with Gasteiger partial charge in [0.15, 0.2) is 0 Å². The number of hydrogen-bond donors (Lipinski definition) is 0. The summed E-state index contributed by atoms with van der Waals surface area (Å²) < 4.78 is 0. The normalized spacial score (nSPS) is 22.2. The van der Waals surface area contributed by atoms with Gasteiger partial charge in [0.25, 0.3) is 5.91 Å². The van der Waals surface area contributed by atoms with Crippen LogP contribution in [-0.2, 0) is 4.79 Å². The van der Waals surface area contributed by atoms with E-state index in [1.165, 1.54) is 4.90 Å². The van der Waals surface area contributed by atoms with E-state index in [-0.39, 0.29) is 23.8 Å². The first-order chi connectivity index (χ1) is 9.20. The SMILES string of the molecule is C[C@H]1C(=O)N(C(=O)c2ccccc2)[C@H]1c1cccs1. The second-order valence-electron chi connectivity index (χ2n) is 4.63. The quantitative estimate of drug-likeness (QED) is 0.621. The molecule has 96 valence electrons. The van der Waals surface area contributed by atoms with Crippen molar-refractivity contribution in [1.29, 1.82) is 0 Å². The van der Waals surface area contributed by atoms with Crippen molar-refractivity contribution in [3.63, 3.8) is 0 Å². The van der Waals surface area contributed by atoms with Crippen LogP contribution in [0.25, 0.3) is 0 Å². The predicted molar refractivity (Wildman–Crippen MR) is 73.8 cm³/mol. The number of rotatable bonds is 2. The van der Waals surface area contributed by atoms with E-state index in [1.807, 2.05) is 30.5 Å². The van der Waals surface area contributed by atoms with Crippen molar-refractivity contribution in [2.24, 2.45) is 5.92 Å². The Morgan fingerprint density at radius 2 is 1.89 bits per heavy atom. The molecule has 3 rings (SSSR count). The molecule has 1 aromatic carbocycles. The van der Waals surface area contributed by atoms with Gasteiger partial charge < -0.3 is 0 Å². The highest BCUT2D eigenvalue weighted by molar-refractivity contribution is 7.10. The molecule has 2 aromatic rings. The molecule has 0 spiro atoms. The van der Waals surface area contributed by atoms with Crippen LogP contribution in [-0.4, -0.2) is 16.7 Å². The van der Waals surface area contributed by atoms with Crippen LogP contribution in [0.15, 0.2) is 47.8 Å². The zero-order chi connectivity index (χ0) is 13.4. The number of imide groups is 1. The van der Waals surface area contributed by atoms with Gasteiger partial charge in [0.1, 0.15) is 0 Å². The molecule has 1 aliphatic heterocycles. The lowest BCUT2D eigenvalue weighted by molar-refractivity contribution is -0.149. The summed E-state index contributed by atoms with van der Waals surface area (Å²) in [7, 11) is 0. The molecule has 0 radical (unpaired) electrons. The molecule has 1 fully saturated rings. The molecule has 2 amide bonds. The van der Waals surface area contributed by atoms with Gasteiger partial charge in [0, 0.05) is 10.4 Å². The fourth-order valence-electron chi connectivity index (χ4n) is 2.41. The van der Waals surface area contributed by atoms with Gasteiger partial charge in [-0.05, 0) is 23.6 Å². The molecule has 1 saturated heterocycles. The number of hydrogen-bond acceptors (Lipinski definition) is 3. The monoisotopic (exact) mass is 271 g/mol. The van der Waals surface area contributed by atoms with Crippen LogP contribution in [0.2, 0.25) is 0 Å². The number of likely N-dealkylation sites (tertiary alicyclic amines) is 1. The van der Waals surface area contributed by atoms with E-state index in [2.05, 4.69) is 0 Å². The molecular formula is C15H13NO2S. The summed E-state index contributed by atoms with van der Waals surface area (Å²) in [5, 5.41) is 1.97. The molecule has 1 aromatic heterocycles. The average molecular weight is 271 g/mol. The number of carbonyl (C=O) groups excluding carboxylic acids is 2. The Bertz CT molecular complexity index is 606. The van der Waals surface area contributed by atoms with Crippen LogP contribution in [0.4, 0.5) is 0 Å². The standard InChI is InChI=1S/C15H13NO2S/c1-10-13(12-8-5-9-19-12)16(14(10)17)15(18)11-6-3-2-4-7-11/h2-10,13H,1H3/t10-,13-/m1/s1. The topological polar surface area (TPSA) is 37.4 Å². The van der Waals surface area contributed by atoms with Crippen molar-refractivity contribution < 1.29 is 9.59 Å². The zero-order valence-electron chi connectivity index (χ0n) is 10.4. The van der Waals surface area contributed by atoms with E-state index >= 15 is 0 Å². The maximum Gasteiger partial charge on any atom is 0.261 e. The van der Waals surface area contributed by atoms with Gasteiger partial charge in [0.2, 0.25) is 5.91 Å². The Morgan fingerprint density at radius 3 is 2.53 bits per heavy atom. The Labute approximate surface area is 115 Å². The summed E-state index contributed by atoms with van der Waals surface area (Å²) in [5.74, 6) is -0.416. The first-order valence-corrected chi connectivity index (χ1v) is 7.04. The van der Waals surface area contributed by atoms with Crippen LogP contribution >= 0.6 is 11.3 Å². The van der Waals surface area contributed by atoms with Crippen LogP contribution < -0.4 is 0 Å². The summed E-state index contributed by atoms with van der Waals surface area (Å²) in [6.45, 7) is 1.88. The molecule has 0 N–H and O–H groups in total. The Balaban J connectivity index is 1.91. The molecule has 1 aliphatic rings. The minimum Gasteiger partial charge on any atom is -0.274 e. The Kier molecular flexibility index (Phi) is 2.95. The summed E-state index contributed by atoms with van der Waals surface area (Å²) >= 11 is 1.58. The van der Waals surface area contributed by atoms with Crippen molar-refractivity contribution >= 4 is 23.2 Å². The molecule has 2 heterocycles. The van der Waals surface area contributed by atoms with Gasteiger partial charge in [-0.1, -0.05) is 31.2 Å². The van der Waals surface area contributed by atoms with Crippen molar-refractivity contribution in [1.82, 2.24) is 4.90 Å². The maximum atomic E-state index is 12.4. The number of amides is 2. The number of β-lactam (4-membered cyclic amide) rings is 1. The van der Waals surface area contributed by atoms with Crippen molar-refractivity contribution in [3.05, 3.63) is 58.3 Å². The average Bonchev–Trinajstić information content (AvgIpc) is 2.97. The van der Waals surface area contributed by atoms with E-state index < -0.39 is 0 Å². The fourth-order valence-corrected chi connectivity index (χ4v) is 3.33. The second kappa shape index (κ2) is 4.63. The highest BCUT2D eigenvalue weighted by atomic mass is 32.1. The lowest BCUT2D eigenvalue weighted by Gasteiger charge is -2.43. The highest BCUT2D eigenvalue weighted by Gasteiger charge is 2.49. The van der Waals surface area contributed by atoms with Crippen LogP contribution in [0, 0.1) is 5.92 Å². The lowest BCUT2D eigenvalue weighted by Crippen LogP contribution is -2.56. The third-order valence-corrected chi connectivity index (χ3v) is 4.40. The predicted octanol–water partition coefficient (Wildman–Crippen LogP) is 3.11. The molecule has 3 nitrogen and oxygen atoms in total. The molecule has 0 unspecified atom stereocenters. The number of nitrogens with zero attached hydrogens (tertiary/aromatic N) is 1. The van der Waals surface area contributed by atoms with Crippen LogP contribution in [0.5, 0.6) is 0 Å². The van der Waals surface area contributed by atoms with E-state index in [0.29, 0.717) is 5.56 Å². The van der Waals surface area contributed by atoms with Gasteiger partial charge in [-0.2, -0.15) is 0 Å². The van der Waals surface area contributed by atoms with Crippen LogP contribution in [0.3, 0.4) is 0 Å². The third kappa shape index (κ3) is 1.88. The van der Waals surface area contributed by atoms with Gasteiger partial charge >= 0.3 is 0 Å². The van der Waals surface area contributed by atoms with E-state index in [1.54, 1.807) is 35.6 Å². The van der Waals surface area contributed by atoms with E-state index in [9.17, 15) is 9.59 Å². The van der Waals surface area contributed by atoms with Crippen molar-refractivity contribution in [3.8, 4) is 0 Å². The van der Waals surface area contributed by atoms with Gasteiger partial charge in [-0.15, -0.1) is 11.3 Å². The zero-order valence-corrected chi connectivity index (χ0v) is 11.3. The number of carbonyl (C=O) groups is 2. The third-order valence-electron chi connectivity index (χ3n) is 3.45. The molecule has 2 atom stereocenters. The summed E-state index contributed by atoms with van der Waals surface area (Å²) in [5.41, 5.74) is 0.560. The maximum absolute atomic E-state index is 12.4. The molecule has 4 heteroatoms. The first-order valence-electron chi connectivity index (χ1n) is 6.16. The Morgan fingerprint density at radius 1 is 1.16 bits per heavy atom. The Hall–Kier alpha value is -1.94. The molecule has 0 saturated carbocycles. The van der Waals surface area contributed by atoms with E-state index in [4.69, 9.17) is 0 Å². The van der Waals surface area contributed by atoms with Crippen molar-refractivity contribution in [2.75, 3.05) is 0 Å². The molecule has 19 heavy (non-hydrogen) atoms. The largest absolute Gasteiger partial charge is 0.274 e. The summed E-state index contributed by atoms with van der Waals surface area (Å²) in [6, 6.07) is 12.8. The van der Waals surface area contributed by atoms with Gasteiger partial charge in [0.05, 0.1) is 12.0 Å². The first kappa shape index (κ1) is 12.1. The molecule has 0 bridgehead atoms. The minimum absolute atomic E-state index is 0.0905. The van der Waals surface area contributed by atoms with Crippen molar-refractivity contribution in [2.45, 2.75) is 13.0 Å². The van der Waals surface area contributed by atoms with Gasteiger partial charge in [-0.25, -0.2) is 0 Å². The summed E-state index contributed by atoms with van der Waals surface area (Å²) in [6.07, 6.45) is 0. The second-order valence-corrected chi connectivity index (χ2v) is 5.61. The van der Waals surface area contributed by atoms with Crippen LogP contribution in [0.1, 0.15) is 28.2 Å². The number of benzene rings is 1. The smallest absolute Gasteiger partial charge is 0.261 e. The lowest BCUT2D eigenvalue weighted by atomic mass is 9.87. The molecular weight excluding hydrogens is 258 g/mol. The van der Waals surface area contributed by atoms with E-state index in [0.717, 1.165) is 4.88 Å². The van der Waals surface area contributed by atoms with Gasteiger partial charge in [-0.3, -0.25) is 14.5 Å². The molecule has 0 aliphatic carbocycles. The highest BCUT2D eigenvalue weighted by Crippen LogP contribution is 2.42. The summed E-state index contributed by atoms with van der Waals surface area (Å²) in [4.78, 5) is 26.8. The number of thiophene rings is 1.